The lowest BCUT2D eigenvalue weighted by molar-refractivity contribution is -0.384. The summed E-state index contributed by atoms with van der Waals surface area (Å²) in [6.45, 7) is 2.80. The molecule has 0 radical (unpaired) electrons. The molecule has 0 saturated carbocycles. The Kier molecular flexibility index (Phi) is 5.18. The third-order valence-corrected chi connectivity index (χ3v) is 5.08. The van der Waals surface area contributed by atoms with Crippen LogP contribution in [0.5, 0.6) is 0 Å². The molecule has 7 heteroatoms. The number of aliphatic hydroxyl groups excluding tert-OH is 1. The smallest absolute Gasteiger partial charge is 0.270 e. The van der Waals surface area contributed by atoms with E-state index >= 15 is 0 Å². The number of nitro groups is 1. The van der Waals surface area contributed by atoms with Crippen molar-refractivity contribution in [2.24, 2.45) is 0 Å². The van der Waals surface area contributed by atoms with Crippen molar-refractivity contribution in [3.05, 3.63) is 75.8 Å². The lowest BCUT2D eigenvalue weighted by Gasteiger charge is -2.30. The van der Waals surface area contributed by atoms with Gasteiger partial charge in [0.1, 0.15) is 5.82 Å². The Morgan fingerprint density at radius 1 is 1.18 bits per heavy atom. The van der Waals surface area contributed by atoms with Crippen LogP contribution in [0.25, 0.3) is 10.9 Å². The highest BCUT2D eigenvalue weighted by atomic mass is 16.6. The molecule has 0 aliphatic carbocycles. The Hall–Kier alpha value is -3.03. The van der Waals surface area contributed by atoms with Crippen LogP contribution in [0.3, 0.4) is 0 Å². The number of aromatic nitrogens is 1. The highest BCUT2D eigenvalue weighted by Gasteiger charge is 2.18. The highest BCUT2D eigenvalue weighted by molar-refractivity contribution is 5.82. The van der Waals surface area contributed by atoms with E-state index < -0.39 is 11.0 Å². The van der Waals surface area contributed by atoms with Gasteiger partial charge in [-0.15, -0.1) is 0 Å². The highest BCUT2D eigenvalue weighted by Crippen LogP contribution is 2.21. The molecule has 1 aliphatic heterocycles. The Morgan fingerprint density at radius 2 is 2.00 bits per heavy atom. The van der Waals surface area contributed by atoms with Crippen molar-refractivity contribution in [2.75, 3.05) is 25.0 Å². The Balaban J connectivity index is 1.34. The Labute approximate surface area is 162 Å². The molecule has 2 heterocycles. The van der Waals surface area contributed by atoms with Gasteiger partial charge in [-0.3, -0.25) is 15.0 Å². The predicted molar refractivity (Wildman–Crippen MR) is 108 cm³/mol. The maximum atomic E-state index is 10.9. The minimum atomic E-state index is -0.514. The van der Waals surface area contributed by atoms with Crippen molar-refractivity contribution >= 4 is 22.4 Å². The standard InChI is InChI=1S/C21H22N4O3/c26-19(14-24-10-9-15-3-1-2-4-17(15)13-24)12-22-21-8-5-16-11-18(25(27)28)6-7-20(16)23-21/h1-8,11,19,26H,9-10,12-14H2,(H,22,23). The van der Waals surface area contributed by atoms with Crippen molar-refractivity contribution in [3.8, 4) is 0 Å². The van der Waals surface area contributed by atoms with Crippen LogP contribution >= 0.6 is 0 Å². The third kappa shape index (κ3) is 4.11. The lowest BCUT2D eigenvalue weighted by atomic mass is 10.00. The third-order valence-electron chi connectivity index (χ3n) is 5.08. The summed E-state index contributed by atoms with van der Waals surface area (Å²) in [5.74, 6) is 0.643. The van der Waals surface area contributed by atoms with Crippen molar-refractivity contribution in [1.82, 2.24) is 9.88 Å². The van der Waals surface area contributed by atoms with Gasteiger partial charge in [0, 0.05) is 43.7 Å². The second-order valence-electron chi connectivity index (χ2n) is 7.12. The molecule has 0 bridgehead atoms. The number of benzene rings is 2. The van der Waals surface area contributed by atoms with E-state index in [0.717, 1.165) is 19.5 Å². The summed E-state index contributed by atoms with van der Waals surface area (Å²) in [7, 11) is 0. The number of nitrogens with zero attached hydrogens (tertiary/aromatic N) is 3. The molecular weight excluding hydrogens is 356 g/mol. The van der Waals surface area contributed by atoms with E-state index in [1.807, 2.05) is 0 Å². The number of non-ortho nitro benzene ring substituents is 1. The zero-order chi connectivity index (χ0) is 19.5. The fourth-order valence-corrected chi connectivity index (χ4v) is 3.62. The quantitative estimate of drug-likeness (QED) is 0.506. The summed E-state index contributed by atoms with van der Waals surface area (Å²) in [5.41, 5.74) is 3.46. The average molecular weight is 378 g/mol. The topological polar surface area (TPSA) is 91.5 Å². The van der Waals surface area contributed by atoms with Crippen LogP contribution in [0.4, 0.5) is 11.5 Å². The van der Waals surface area contributed by atoms with Gasteiger partial charge in [0.15, 0.2) is 0 Å². The van der Waals surface area contributed by atoms with Crippen LogP contribution in [0.1, 0.15) is 11.1 Å². The summed E-state index contributed by atoms with van der Waals surface area (Å²) in [4.78, 5) is 17.2. The molecule has 1 unspecified atom stereocenters. The number of nitrogens with one attached hydrogen (secondary N) is 1. The molecule has 0 fully saturated rings. The summed E-state index contributed by atoms with van der Waals surface area (Å²) in [6.07, 6.45) is 0.494. The van der Waals surface area contributed by atoms with E-state index in [1.54, 1.807) is 18.2 Å². The predicted octanol–water partition coefficient (Wildman–Crippen LogP) is 2.97. The van der Waals surface area contributed by atoms with E-state index in [-0.39, 0.29) is 5.69 Å². The van der Waals surface area contributed by atoms with E-state index in [1.165, 1.54) is 23.3 Å². The van der Waals surface area contributed by atoms with Gasteiger partial charge in [0.05, 0.1) is 16.5 Å². The van der Waals surface area contributed by atoms with Gasteiger partial charge in [0.25, 0.3) is 5.69 Å². The number of aliphatic hydroxyl groups is 1. The van der Waals surface area contributed by atoms with E-state index in [2.05, 4.69) is 39.5 Å². The van der Waals surface area contributed by atoms with Crippen LogP contribution in [-0.4, -0.2) is 45.7 Å². The number of hydrogen-bond acceptors (Lipinski definition) is 6. The molecule has 2 N–H and O–H groups in total. The first kappa shape index (κ1) is 18.3. The number of nitro benzene ring substituents is 1. The Bertz CT molecular complexity index is 1010. The fraction of sp³-hybridized carbons (Fsp3) is 0.286. The van der Waals surface area contributed by atoms with Crippen molar-refractivity contribution < 1.29 is 10.0 Å². The zero-order valence-electron chi connectivity index (χ0n) is 15.4. The van der Waals surface area contributed by atoms with Gasteiger partial charge in [-0.1, -0.05) is 24.3 Å². The molecule has 2 aromatic carbocycles. The van der Waals surface area contributed by atoms with Gasteiger partial charge >= 0.3 is 0 Å². The van der Waals surface area contributed by atoms with Gasteiger partial charge in [-0.05, 0) is 35.7 Å². The summed E-state index contributed by atoms with van der Waals surface area (Å²) >= 11 is 0. The monoisotopic (exact) mass is 378 g/mol. The first-order valence-electron chi connectivity index (χ1n) is 9.35. The number of fused-ring (bicyclic) bond motifs is 2. The number of β-amino-alcohol motifs (C(OH)–C–C–N with tert-alkyl or cyclic N) is 1. The molecule has 3 aromatic rings. The zero-order valence-corrected chi connectivity index (χ0v) is 15.4. The summed E-state index contributed by atoms with van der Waals surface area (Å²) in [5, 5.41) is 25.2. The van der Waals surface area contributed by atoms with E-state index in [0.29, 0.717) is 29.8 Å². The molecule has 1 aromatic heterocycles. The van der Waals surface area contributed by atoms with Crippen LogP contribution in [0.15, 0.2) is 54.6 Å². The molecular formula is C21H22N4O3. The number of hydrogen-bond donors (Lipinski definition) is 2. The molecule has 0 spiro atoms. The minimum Gasteiger partial charge on any atom is -0.390 e. The van der Waals surface area contributed by atoms with Crippen molar-refractivity contribution in [1.29, 1.82) is 0 Å². The van der Waals surface area contributed by atoms with Crippen molar-refractivity contribution in [3.63, 3.8) is 0 Å². The normalized spacial score (nSPS) is 15.2. The lowest BCUT2D eigenvalue weighted by Crippen LogP contribution is -2.39. The molecule has 7 nitrogen and oxygen atoms in total. The minimum absolute atomic E-state index is 0.0496. The molecule has 144 valence electrons. The maximum absolute atomic E-state index is 10.9. The Morgan fingerprint density at radius 3 is 2.82 bits per heavy atom. The molecule has 0 amide bonds. The van der Waals surface area contributed by atoms with E-state index in [4.69, 9.17) is 0 Å². The average Bonchev–Trinajstić information content (AvgIpc) is 2.71. The van der Waals surface area contributed by atoms with Gasteiger partial charge in [0.2, 0.25) is 0 Å². The van der Waals surface area contributed by atoms with Gasteiger partial charge < -0.3 is 10.4 Å². The molecule has 1 aliphatic rings. The molecule has 1 atom stereocenters. The summed E-state index contributed by atoms with van der Waals surface area (Å²) in [6, 6.07) is 16.6. The number of pyridine rings is 1. The summed E-state index contributed by atoms with van der Waals surface area (Å²) < 4.78 is 0. The van der Waals surface area contributed by atoms with Crippen molar-refractivity contribution in [2.45, 2.75) is 19.1 Å². The first-order valence-corrected chi connectivity index (χ1v) is 9.35. The van der Waals surface area contributed by atoms with Crippen LogP contribution in [0, 0.1) is 10.1 Å². The fourth-order valence-electron chi connectivity index (χ4n) is 3.62. The van der Waals surface area contributed by atoms with Gasteiger partial charge in [-0.2, -0.15) is 0 Å². The largest absolute Gasteiger partial charge is 0.390 e. The molecule has 28 heavy (non-hydrogen) atoms. The second kappa shape index (κ2) is 7.92. The first-order chi connectivity index (χ1) is 13.6. The molecule has 4 rings (SSSR count). The van der Waals surface area contributed by atoms with Crippen LogP contribution in [-0.2, 0) is 13.0 Å². The van der Waals surface area contributed by atoms with E-state index in [9.17, 15) is 15.2 Å². The SMILES string of the molecule is O=[N+]([O-])c1ccc2nc(NCC(O)CN3CCc4ccccc4C3)ccc2c1. The van der Waals surface area contributed by atoms with Crippen LogP contribution < -0.4 is 5.32 Å². The number of anilines is 1. The number of rotatable bonds is 6. The van der Waals surface area contributed by atoms with Crippen LogP contribution in [0.2, 0.25) is 0 Å². The van der Waals surface area contributed by atoms with Gasteiger partial charge in [-0.25, -0.2) is 4.98 Å². The maximum Gasteiger partial charge on any atom is 0.270 e. The molecule has 0 saturated heterocycles. The second-order valence-corrected chi connectivity index (χ2v) is 7.12.